The average molecular weight is 274 g/mol. The summed E-state index contributed by atoms with van der Waals surface area (Å²) in [6.45, 7) is 0. The highest BCUT2D eigenvalue weighted by Gasteiger charge is 2.42. The first-order valence-corrected chi connectivity index (χ1v) is 6.65. The minimum atomic E-state index is -0.799. The number of carbonyl (C=O) groups excluding carboxylic acids is 2. The van der Waals surface area contributed by atoms with Crippen molar-refractivity contribution >= 4 is 17.8 Å². The van der Waals surface area contributed by atoms with Crippen LogP contribution in [0.2, 0.25) is 0 Å². The topological polar surface area (TPSA) is 87.6 Å². The molecular formula is C14H14N2O4. The Hall–Kier alpha value is -2.24. The Balaban J connectivity index is 1.79. The molecule has 6 heteroatoms. The summed E-state index contributed by atoms with van der Waals surface area (Å²) in [4.78, 5) is 40.7. The van der Waals surface area contributed by atoms with E-state index in [9.17, 15) is 14.4 Å². The number of carbonyl (C=O) groups is 3. The molecule has 3 rings (SSSR count). The van der Waals surface area contributed by atoms with Gasteiger partial charge in [-0.3, -0.25) is 24.3 Å². The van der Waals surface area contributed by atoms with Gasteiger partial charge in [-0.15, -0.1) is 0 Å². The molecule has 0 spiro atoms. The predicted octanol–water partition coefficient (Wildman–Crippen LogP) is 1.32. The quantitative estimate of drug-likeness (QED) is 0.822. The average Bonchev–Trinajstić information content (AvgIpc) is 2.72. The van der Waals surface area contributed by atoms with Crippen LogP contribution in [0.25, 0.3) is 0 Å². The number of fused-ring (bicyclic) bond motifs is 1. The van der Waals surface area contributed by atoms with E-state index in [1.165, 1.54) is 11.1 Å². The van der Waals surface area contributed by atoms with Crippen LogP contribution in [0.1, 0.15) is 46.5 Å². The van der Waals surface area contributed by atoms with Crippen molar-refractivity contribution in [2.45, 2.75) is 31.7 Å². The Kier molecular flexibility index (Phi) is 3.00. The molecule has 1 aromatic heterocycles. The van der Waals surface area contributed by atoms with E-state index in [-0.39, 0.29) is 29.5 Å². The van der Waals surface area contributed by atoms with E-state index in [2.05, 4.69) is 4.98 Å². The molecule has 2 aliphatic rings. The highest BCUT2D eigenvalue weighted by atomic mass is 16.4. The normalized spacial score (nSPS) is 25.7. The van der Waals surface area contributed by atoms with Crippen LogP contribution in [0, 0.1) is 5.92 Å². The van der Waals surface area contributed by atoms with E-state index in [1.54, 1.807) is 12.1 Å². The van der Waals surface area contributed by atoms with Gasteiger partial charge in [0.15, 0.2) is 0 Å². The first-order valence-electron chi connectivity index (χ1n) is 6.65. The molecule has 0 radical (unpaired) electrons. The molecule has 0 bridgehead atoms. The molecule has 1 aliphatic carbocycles. The molecule has 0 unspecified atom stereocenters. The molecule has 1 saturated carbocycles. The standard InChI is InChI=1S/C14H14N2O4/c17-12-10-2-1-7-15-11(10)13(18)16(12)9-5-3-8(4-6-9)14(19)20/h1-2,7-9H,3-6H2,(H,19,20). The lowest BCUT2D eigenvalue weighted by molar-refractivity contribution is -0.143. The molecule has 104 valence electrons. The van der Waals surface area contributed by atoms with Crippen LogP contribution in [0.15, 0.2) is 18.3 Å². The van der Waals surface area contributed by atoms with Crippen molar-refractivity contribution in [2.75, 3.05) is 0 Å². The molecule has 6 nitrogen and oxygen atoms in total. The van der Waals surface area contributed by atoms with Crippen molar-refractivity contribution in [1.29, 1.82) is 0 Å². The van der Waals surface area contributed by atoms with Crippen LogP contribution < -0.4 is 0 Å². The van der Waals surface area contributed by atoms with Gasteiger partial charge >= 0.3 is 5.97 Å². The van der Waals surface area contributed by atoms with Crippen molar-refractivity contribution in [2.24, 2.45) is 5.92 Å². The number of amides is 2. The summed E-state index contributed by atoms with van der Waals surface area (Å²) in [5.41, 5.74) is 0.552. The molecule has 0 aromatic carbocycles. The Morgan fingerprint density at radius 3 is 2.50 bits per heavy atom. The van der Waals surface area contributed by atoms with E-state index in [0.717, 1.165) is 0 Å². The molecule has 1 aromatic rings. The van der Waals surface area contributed by atoms with Gasteiger partial charge in [0.05, 0.1) is 11.5 Å². The second-order valence-electron chi connectivity index (χ2n) is 5.22. The van der Waals surface area contributed by atoms with Gasteiger partial charge in [-0.05, 0) is 37.8 Å². The fourth-order valence-electron chi connectivity index (χ4n) is 3.00. The van der Waals surface area contributed by atoms with E-state index >= 15 is 0 Å². The maximum absolute atomic E-state index is 12.3. The Bertz CT molecular complexity index is 556. The number of aromatic nitrogens is 1. The Labute approximate surface area is 115 Å². The van der Waals surface area contributed by atoms with E-state index in [1.807, 2.05) is 0 Å². The number of carboxylic acid groups (broad SMARTS) is 1. The van der Waals surface area contributed by atoms with E-state index in [4.69, 9.17) is 5.11 Å². The third-order valence-electron chi connectivity index (χ3n) is 4.09. The highest BCUT2D eigenvalue weighted by molar-refractivity contribution is 6.20. The van der Waals surface area contributed by atoms with Crippen molar-refractivity contribution in [3.8, 4) is 0 Å². The third-order valence-corrected chi connectivity index (χ3v) is 4.09. The fourth-order valence-corrected chi connectivity index (χ4v) is 3.00. The molecule has 1 fully saturated rings. The minimum Gasteiger partial charge on any atom is -0.481 e. The maximum Gasteiger partial charge on any atom is 0.306 e. The molecule has 0 atom stereocenters. The largest absolute Gasteiger partial charge is 0.481 e. The lowest BCUT2D eigenvalue weighted by atomic mass is 9.85. The van der Waals surface area contributed by atoms with Crippen LogP contribution in [-0.4, -0.2) is 38.8 Å². The molecule has 1 aliphatic heterocycles. The summed E-state index contributed by atoms with van der Waals surface area (Å²) in [7, 11) is 0. The summed E-state index contributed by atoms with van der Waals surface area (Å²) < 4.78 is 0. The maximum atomic E-state index is 12.3. The van der Waals surface area contributed by atoms with Gasteiger partial charge in [-0.1, -0.05) is 0 Å². The lowest BCUT2D eigenvalue weighted by Crippen LogP contribution is -2.42. The molecule has 2 heterocycles. The number of nitrogens with zero attached hydrogens (tertiary/aromatic N) is 2. The number of hydrogen-bond donors (Lipinski definition) is 1. The molecule has 20 heavy (non-hydrogen) atoms. The van der Waals surface area contributed by atoms with Crippen molar-refractivity contribution < 1.29 is 19.5 Å². The molecule has 0 saturated heterocycles. The highest BCUT2D eigenvalue weighted by Crippen LogP contribution is 2.32. The first kappa shape index (κ1) is 12.8. The van der Waals surface area contributed by atoms with E-state index < -0.39 is 5.97 Å². The van der Waals surface area contributed by atoms with Gasteiger partial charge in [0.25, 0.3) is 11.8 Å². The van der Waals surface area contributed by atoms with Crippen molar-refractivity contribution in [1.82, 2.24) is 9.88 Å². The van der Waals surface area contributed by atoms with Gasteiger partial charge in [0, 0.05) is 12.2 Å². The van der Waals surface area contributed by atoms with Crippen molar-refractivity contribution in [3.05, 3.63) is 29.6 Å². The number of imide groups is 1. The van der Waals surface area contributed by atoms with Gasteiger partial charge < -0.3 is 5.11 Å². The monoisotopic (exact) mass is 274 g/mol. The molecule has 1 N–H and O–H groups in total. The fraction of sp³-hybridized carbons (Fsp3) is 0.429. The molecular weight excluding hydrogens is 260 g/mol. The predicted molar refractivity (Wildman–Crippen MR) is 68.1 cm³/mol. The summed E-state index contributed by atoms with van der Waals surface area (Å²) in [5.74, 6) is -1.83. The minimum absolute atomic E-state index is 0.206. The summed E-state index contributed by atoms with van der Waals surface area (Å²) in [6.07, 6.45) is 3.58. The number of rotatable bonds is 2. The third kappa shape index (κ3) is 1.88. The van der Waals surface area contributed by atoms with Crippen LogP contribution in [0.3, 0.4) is 0 Å². The Morgan fingerprint density at radius 2 is 1.90 bits per heavy atom. The van der Waals surface area contributed by atoms with Gasteiger partial charge in [0.2, 0.25) is 0 Å². The summed E-state index contributed by atoms with van der Waals surface area (Å²) in [6, 6.07) is 3.03. The smallest absolute Gasteiger partial charge is 0.306 e. The first-order chi connectivity index (χ1) is 9.59. The van der Waals surface area contributed by atoms with Crippen LogP contribution in [0.4, 0.5) is 0 Å². The zero-order chi connectivity index (χ0) is 14.3. The van der Waals surface area contributed by atoms with Crippen LogP contribution in [0.5, 0.6) is 0 Å². The number of aliphatic carboxylic acids is 1. The summed E-state index contributed by atoms with van der Waals surface area (Å²) >= 11 is 0. The number of pyridine rings is 1. The van der Waals surface area contributed by atoms with Gasteiger partial charge in [-0.2, -0.15) is 0 Å². The van der Waals surface area contributed by atoms with Crippen molar-refractivity contribution in [3.63, 3.8) is 0 Å². The van der Waals surface area contributed by atoms with Gasteiger partial charge in [-0.25, -0.2) is 0 Å². The number of carboxylic acids is 1. The Morgan fingerprint density at radius 1 is 1.20 bits per heavy atom. The zero-order valence-electron chi connectivity index (χ0n) is 10.8. The summed E-state index contributed by atoms with van der Waals surface area (Å²) in [5, 5.41) is 8.98. The van der Waals surface area contributed by atoms with Crippen LogP contribution in [-0.2, 0) is 4.79 Å². The van der Waals surface area contributed by atoms with Crippen LogP contribution >= 0.6 is 0 Å². The number of hydrogen-bond acceptors (Lipinski definition) is 4. The zero-order valence-corrected chi connectivity index (χ0v) is 10.8. The second kappa shape index (κ2) is 4.70. The SMILES string of the molecule is O=C(O)C1CCC(N2C(=O)c3cccnc3C2=O)CC1. The second-order valence-corrected chi connectivity index (χ2v) is 5.22. The molecule has 2 amide bonds. The van der Waals surface area contributed by atoms with Gasteiger partial charge in [0.1, 0.15) is 5.69 Å². The lowest BCUT2D eigenvalue weighted by Gasteiger charge is -2.31. The van der Waals surface area contributed by atoms with E-state index in [0.29, 0.717) is 31.2 Å².